The van der Waals surface area contributed by atoms with E-state index in [1.807, 2.05) is 0 Å². The molecular formula is C20H26O6S. The molecule has 0 amide bonds. The molecule has 0 aromatic heterocycles. The lowest BCUT2D eigenvalue weighted by Gasteiger charge is -2.09. The Morgan fingerprint density at radius 3 is 1.33 bits per heavy atom. The van der Waals surface area contributed by atoms with E-state index in [0.29, 0.717) is 37.6 Å². The van der Waals surface area contributed by atoms with Crippen molar-refractivity contribution >= 4 is 9.84 Å². The molecule has 0 aliphatic rings. The maximum absolute atomic E-state index is 12.7. The van der Waals surface area contributed by atoms with Crippen LogP contribution in [-0.4, -0.2) is 45.1 Å². The predicted octanol–water partition coefficient (Wildman–Crippen LogP) is 2.82. The van der Waals surface area contributed by atoms with Crippen LogP contribution in [-0.2, 0) is 9.84 Å². The molecule has 0 aliphatic carbocycles. The summed E-state index contributed by atoms with van der Waals surface area (Å²) < 4.78 is 36.5. The van der Waals surface area contributed by atoms with E-state index < -0.39 is 9.84 Å². The number of aliphatic hydroxyl groups is 2. The van der Waals surface area contributed by atoms with E-state index in [2.05, 4.69) is 0 Å². The number of sulfone groups is 1. The molecule has 0 atom stereocenters. The number of benzene rings is 2. The van der Waals surface area contributed by atoms with Crippen LogP contribution in [0.5, 0.6) is 11.5 Å². The van der Waals surface area contributed by atoms with Crippen molar-refractivity contribution in [2.24, 2.45) is 0 Å². The third kappa shape index (κ3) is 6.53. The summed E-state index contributed by atoms with van der Waals surface area (Å²) in [6, 6.07) is 12.6. The van der Waals surface area contributed by atoms with Crippen LogP contribution >= 0.6 is 0 Å². The lowest BCUT2D eigenvalue weighted by Crippen LogP contribution is -2.03. The molecule has 2 aromatic carbocycles. The number of hydrogen-bond acceptors (Lipinski definition) is 6. The molecule has 2 N–H and O–H groups in total. The Bertz CT molecular complexity index is 708. The van der Waals surface area contributed by atoms with Crippen molar-refractivity contribution in [2.75, 3.05) is 26.4 Å². The number of hydrogen-bond donors (Lipinski definition) is 2. The third-order valence-corrected chi connectivity index (χ3v) is 5.70. The van der Waals surface area contributed by atoms with Gasteiger partial charge in [0, 0.05) is 13.2 Å². The van der Waals surface area contributed by atoms with E-state index in [4.69, 9.17) is 19.7 Å². The lowest BCUT2D eigenvalue weighted by atomic mass is 10.3. The molecule has 0 heterocycles. The molecule has 0 saturated heterocycles. The van der Waals surface area contributed by atoms with E-state index in [1.54, 1.807) is 24.3 Å². The van der Waals surface area contributed by atoms with Gasteiger partial charge in [0.1, 0.15) is 11.5 Å². The number of unbranched alkanes of at least 4 members (excludes halogenated alkanes) is 2. The van der Waals surface area contributed by atoms with Gasteiger partial charge in [-0.15, -0.1) is 0 Å². The average molecular weight is 394 g/mol. The number of rotatable bonds is 12. The van der Waals surface area contributed by atoms with Gasteiger partial charge >= 0.3 is 0 Å². The summed E-state index contributed by atoms with van der Waals surface area (Å²) in [5, 5.41) is 17.5. The second-order valence-electron chi connectivity index (χ2n) is 6.00. The third-order valence-electron chi connectivity index (χ3n) is 3.91. The Labute approximate surface area is 160 Å². The summed E-state index contributed by atoms with van der Waals surface area (Å²) >= 11 is 0. The molecule has 148 valence electrons. The standard InChI is InChI=1S/C20H26O6S/c21-13-1-3-15-25-17-5-9-19(10-6-17)27(23,24)20-11-7-18(8-12-20)26-16-4-2-14-22/h5-12,21-22H,1-4,13-16H2. The van der Waals surface area contributed by atoms with Crippen molar-refractivity contribution in [3.05, 3.63) is 48.5 Å². The van der Waals surface area contributed by atoms with Gasteiger partial charge in [0.25, 0.3) is 0 Å². The Morgan fingerprint density at radius 1 is 0.630 bits per heavy atom. The fourth-order valence-corrected chi connectivity index (χ4v) is 3.63. The molecule has 0 unspecified atom stereocenters. The molecule has 0 radical (unpaired) electrons. The van der Waals surface area contributed by atoms with Gasteiger partial charge in [0.2, 0.25) is 9.84 Å². The van der Waals surface area contributed by atoms with Crippen molar-refractivity contribution in [3.8, 4) is 11.5 Å². The first-order chi connectivity index (χ1) is 13.1. The second-order valence-corrected chi connectivity index (χ2v) is 7.95. The Hall–Kier alpha value is -2.09. The zero-order chi connectivity index (χ0) is 19.5. The van der Waals surface area contributed by atoms with Gasteiger partial charge in [-0.25, -0.2) is 8.42 Å². The molecule has 0 spiro atoms. The van der Waals surface area contributed by atoms with Crippen LogP contribution < -0.4 is 9.47 Å². The Kier molecular flexibility index (Phi) is 8.57. The van der Waals surface area contributed by atoms with Gasteiger partial charge in [-0.2, -0.15) is 0 Å². The van der Waals surface area contributed by atoms with E-state index in [1.165, 1.54) is 24.3 Å². The number of ether oxygens (including phenoxy) is 2. The van der Waals surface area contributed by atoms with Gasteiger partial charge in [-0.1, -0.05) is 0 Å². The lowest BCUT2D eigenvalue weighted by molar-refractivity contribution is 0.253. The number of aliphatic hydroxyl groups excluding tert-OH is 2. The molecule has 0 fully saturated rings. The van der Waals surface area contributed by atoms with Crippen LogP contribution in [0.3, 0.4) is 0 Å². The minimum atomic E-state index is -3.61. The normalized spacial score (nSPS) is 11.3. The molecule has 0 bridgehead atoms. The molecule has 27 heavy (non-hydrogen) atoms. The molecule has 7 heteroatoms. The van der Waals surface area contributed by atoms with Crippen LogP contribution in [0, 0.1) is 0 Å². The van der Waals surface area contributed by atoms with Crippen molar-refractivity contribution in [2.45, 2.75) is 35.5 Å². The monoisotopic (exact) mass is 394 g/mol. The molecule has 0 saturated carbocycles. The highest BCUT2D eigenvalue weighted by Gasteiger charge is 2.17. The first kappa shape index (κ1) is 21.2. The molecule has 0 aliphatic heterocycles. The summed E-state index contributed by atoms with van der Waals surface area (Å²) in [5.41, 5.74) is 0. The summed E-state index contributed by atoms with van der Waals surface area (Å²) in [6.07, 6.45) is 2.83. The van der Waals surface area contributed by atoms with Crippen molar-refractivity contribution < 1.29 is 28.1 Å². The quantitative estimate of drug-likeness (QED) is 0.538. The fraction of sp³-hybridized carbons (Fsp3) is 0.400. The van der Waals surface area contributed by atoms with Gasteiger partial charge < -0.3 is 19.7 Å². The minimum Gasteiger partial charge on any atom is -0.494 e. The van der Waals surface area contributed by atoms with Crippen molar-refractivity contribution in [1.29, 1.82) is 0 Å². The topological polar surface area (TPSA) is 93.1 Å². The van der Waals surface area contributed by atoms with Crippen LogP contribution in [0.25, 0.3) is 0 Å². The first-order valence-electron chi connectivity index (χ1n) is 9.00. The van der Waals surface area contributed by atoms with E-state index in [-0.39, 0.29) is 23.0 Å². The summed E-state index contributed by atoms with van der Waals surface area (Å²) in [6.45, 7) is 1.22. The van der Waals surface area contributed by atoms with Crippen LogP contribution in [0.2, 0.25) is 0 Å². The zero-order valence-corrected chi connectivity index (χ0v) is 16.0. The highest BCUT2D eigenvalue weighted by atomic mass is 32.2. The highest BCUT2D eigenvalue weighted by Crippen LogP contribution is 2.25. The average Bonchev–Trinajstić information content (AvgIpc) is 2.69. The Morgan fingerprint density at radius 2 is 1.00 bits per heavy atom. The van der Waals surface area contributed by atoms with Gasteiger partial charge in [0.05, 0.1) is 23.0 Å². The van der Waals surface area contributed by atoms with E-state index >= 15 is 0 Å². The van der Waals surface area contributed by atoms with E-state index in [9.17, 15) is 8.42 Å². The highest BCUT2D eigenvalue weighted by molar-refractivity contribution is 7.91. The van der Waals surface area contributed by atoms with Crippen LogP contribution in [0.1, 0.15) is 25.7 Å². The second kappa shape index (κ2) is 10.9. The smallest absolute Gasteiger partial charge is 0.206 e. The Balaban J connectivity index is 1.98. The van der Waals surface area contributed by atoms with Crippen molar-refractivity contribution in [3.63, 3.8) is 0 Å². The molecule has 2 aromatic rings. The molecule has 2 rings (SSSR count). The fourth-order valence-electron chi connectivity index (χ4n) is 2.37. The molecule has 6 nitrogen and oxygen atoms in total. The van der Waals surface area contributed by atoms with E-state index in [0.717, 1.165) is 12.8 Å². The first-order valence-corrected chi connectivity index (χ1v) is 10.5. The molecular weight excluding hydrogens is 368 g/mol. The largest absolute Gasteiger partial charge is 0.494 e. The maximum atomic E-state index is 12.7. The minimum absolute atomic E-state index is 0.132. The van der Waals surface area contributed by atoms with Crippen LogP contribution in [0.4, 0.5) is 0 Å². The van der Waals surface area contributed by atoms with Gasteiger partial charge in [0.15, 0.2) is 0 Å². The van der Waals surface area contributed by atoms with Gasteiger partial charge in [-0.3, -0.25) is 0 Å². The van der Waals surface area contributed by atoms with Crippen LogP contribution in [0.15, 0.2) is 58.3 Å². The predicted molar refractivity (Wildman–Crippen MR) is 102 cm³/mol. The maximum Gasteiger partial charge on any atom is 0.206 e. The van der Waals surface area contributed by atoms with Gasteiger partial charge in [-0.05, 0) is 74.2 Å². The zero-order valence-electron chi connectivity index (χ0n) is 15.2. The SMILES string of the molecule is O=S(=O)(c1ccc(OCCCCO)cc1)c1ccc(OCCCCO)cc1. The summed E-state index contributed by atoms with van der Waals surface area (Å²) in [7, 11) is -3.61. The summed E-state index contributed by atoms with van der Waals surface area (Å²) in [5.74, 6) is 1.19. The summed E-state index contributed by atoms with van der Waals surface area (Å²) in [4.78, 5) is 0.392. The van der Waals surface area contributed by atoms with Crippen molar-refractivity contribution in [1.82, 2.24) is 0 Å².